The van der Waals surface area contributed by atoms with Gasteiger partial charge in [0.1, 0.15) is 0 Å². The Balaban J connectivity index is 1.68. The largest absolute Gasteiger partial charge is 0.348 e. The Morgan fingerprint density at radius 2 is 1.74 bits per heavy atom. The molecule has 2 heterocycles. The lowest BCUT2D eigenvalue weighted by Crippen LogP contribution is -2.44. The van der Waals surface area contributed by atoms with Gasteiger partial charge in [0.15, 0.2) is 5.11 Å². The van der Waals surface area contributed by atoms with Crippen molar-refractivity contribution in [2.45, 2.75) is 33.4 Å². The number of nitrogens with zero attached hydrogens (tertiary/aromatic N) is 2. The molecule has 138 valence electrons. The summed E-state index contributed by atoms with van der Waals surface area (Å²) in [6.07, 6.45) is 2.16. The van der Waals surface area contributed by atoms with Crippen molar-refractivity contribution < 1.29 is 0 Å². The molecule has 3 aromatic rings. The molecule has 0 saturated carbocycles. The van der Waals surface area contributed by atoms with Gasteiger partial charge in [-0.25, -0.2) is 0 Å². The van der Waals surface area contributed by atoms with Crippen LogP contribution in [-0.4, -0.2) is 21.1 Å². The van der Waals surface area contributed by atoms with E-state index < -0.39 is 0 Å². The molecule has 1 aliphatic rings. The first-order chi connectivity index (χ1) is 13.0. The van der Waals surface area contributed by atoms with Gasteiger partial charge in [0.05, 0.1) is 6.04 Å². The smallest absolute Gasteiger partial charge is 0.174 e. The van der Waals surface area contributed by atoms with Crippen molar-refractivity contribution in [3.8, 4) is 0 Å². The van der Waals surface area contributed by atoms with Gasteiger partial charge in [-0.3, -0.25) is 0 Å². The summed E-state index contributed by atoms with van der Waals surface area (Å²) in [5.74, 6) is 0. The van der Waals surface area contributed by atoms with E-state index in [1.807, 2.05) is 0 Å². The number of aromatic nitrogens is 1. The molecule has 0 unspecified atom stereocenters. The summed E-state index contributed by atoms with van der Waals surface area (Å²) >= 11 is 5.87. The summed E-state index contributed by atoms with van der Waals surface area (Å²) in [7, 11) is 0. The first-order valence-corrected chi connectivity index (χ1v) is 9.81. The van der Waals surface area contributed by atoms with Gasteiger partial charge in [0, 0.05) is 30.7 Å². The highest BCUT2D eigenvalue weighted by atomic mass is 32.1. The molecule has 0 aliphatic carbocycles. The van der Waals surface area contributed by atoms with E-state index in [-0.39, 0.29) is 6.04 Å². The normalized spacial score (nSPS) is 16.1. The van der Waals surface area contributed by atoms with E-state index in [1.54, 1.807) is 0 Å². The molecule has 1 N–H and O–H groups in total. The summed E-state index contributed by atoms with van der Waals surface area (Å²) in [4.78, 5) is 2.32. The molecule has 1 aliphatic heterocycles. The molecule has 0 saturated heterocycles. The van der Waals surface area contributed by atoms with Crippen LogP contribution in [0.4, 0.5) is 5.69 Å². The zero-order chi connectivity index (χ0) is 19.0. The summed E-state index contributed by atoms with van der Waals surface area (Å²) in [6.45, 7) is 8.22. The van der Waals surface area contributed by atoms with Crippen LogP contribution in [-0.2, 0) is 6.54 Å². The lowest BCUT2D eigenvalue weighted by molar-refractivity contribution is 0.293. The van der Waals surface area contributed by atoms with Gasteiger partial charge in [-0.05, 0) is 67.9 Å². The third kappa shape index (κ3) is 3.37. The van der Waals surface area contributed by atoms with Crippen LogP contribution in [0.1, 0.15) is 34.0 Å². The number of hydrogen-bond acceptors (Lipinski definition) is 1. The van der Waals surface area contributed by atoms with E-state index >= 15 is 0 Å². The molecular weight excluding hydrogens is 350 g/mol. The molecule has 4 heteroatoms. The maximum atomic E-state index is 5.87. The minimum absolute atomic E-state index is 0.125. The van der Waals surface area contributed by atoms with E-state index in [9.17, 15) is 0 Å². The standard InChI is InChI=1S/C23H25N3S/c1-16-9-11-19(12-10-16)22-21-8-5-13-25(21)14-15-26(22)23(27)24-20-7-4-6-17(2)18(20)3/h4-13,22H,14-15H2,1-3H3,(H,24,27)/t22-/m0/s1. The fourth-order valence-corrected chi connectivity index (χ4v) is 4.08. The molecule has 3 nitrogen and oxygen atoms in total. The van der Waals surface area contributed by atoms with Crippen molar-refractivity contribution in [2.24, 2.45) is 0 Å². The number of fused-ring (bicyclic) bond motifs is 1. The Morgan fingerprint density at radius 1 is 0.963 bits per heavy atom. The van der Waals surface area contributed by atoms with Gasteiger partial charge in [-0.2, -0.15) is 0 Å². The maximum Gasteiger partial charge on any atom is 0.174 e. The fraction of sp³-hybridized carbons (Fsp3) is 0.261. The average Bonchev–Trinajstić information content (AvgIpc) is 3.14. The minimum atomic E-state index is 0.125. The molecule has 0 bridgehead atoms. The topological polar surface area (TPSA) is 20.2 Å². The summed E-state index contributed by atoms with van der Waals surface area (Å²) < 4.78 is 2.33. The Kier molecular flexibility index (Phi) is 4.75. The molecule has 1 aromatic heterocycles. The molecule has 27 heavy (non-hydrogen) atoms. The van der Waals surface area contributed by atoms with Crippen molar-refractivity contribution in [2.75, 3.05) is 11.9 Å². The van der Waals surface area contributed by atoms with Gasteiger partial charge in [0.2, 0.25) is 0 Å². The third-order valence-electron chi connectivity index (χ3n) is 5.54. The van der Waals surface area contributed by atoms with Gasteiger partial charge < -0.3 is 14.8 Å². The summed E-state index contributed by atoms with van der Waals surface area (Å²) in [6, 6.07) is 19.6. The highest BCUT2D eigenvalue weighted by Crippen LogP contribution is 2.33. The predicted molar refractivity (Wildman–Crippen MR) is 116 cm³/mol. The second-order valence-corrected chi connectivity index (χ2v) is 7.70. The van der Waals surface area contributed by atoms with Gasteiger partial charge in [-0.1, -0.05) is 42.0 Å². The number of hydrogen-bond donors (Lipinski definition) is 1. The van der Waals surface area contributed by atoms with E-state index in [4.69, 9.17) is 12.2 Å². The van der Waals surface area contributed by atoms with E-state index in [1.165, 1.54) is 27.9 Å². The first kappa shape index (κ1) is 17.8. The molecule has 2 aromatic carbocycles. The summed E-state index contributed by atoms with van der Waals surface area (Å²) in [5, 5.41) is 4.28. The number of aryl methyl sites for hydroxylation is 2. The van der Waals surface area contributed by atoms with Crippen LogP contribution in [0.25, 0.3) is 0 Å². The Hall–Kier alpha value is -2.59. The zero-order valence-electron chi connectivity index (χ0n) is 16.1. The lowest BCUT2D eigenvalue weighted by atomic mass is 9.99. The highest BCUT2D eigenvalue weighted by molar-refractivity contribution is 7.80. The van der Waals surface area contributed by atoms with Crippen LogP contribution in [0.15, 0.2) is 60.8 Å². The number of thiocarbonyl (C=S) groups is 1. The molecule has 1 atom stereocenters. The van der Waals surface area contributed by atoms with E-state index in [0.29, 0.717) is 0 Å². The van der Waals surface area contributed by atoms with E-state index in [0.717, 1.165) is 23.9 Å². The van der Waals surface area contributed by atoms with Crippen LogP contribution in [0.3, 0.4) is 0 Å². The monoisotopic (exact) mass is 375 g/mol. The minimum Gasteiger partial charge on any atom is -0.348 e. The molecule has 0 fully saturated rings. The van der Waals surface area contributed by atoms with Crippen molar-refractivity contribution in [1.29, 1.82) is 0 Å². The van der Waals surface area contributed by atoms with Crippen LogP contribution in [0.5, 0.6) is 0 Å². The third-order valence-corrected chi connectivity index (χ3v) is 5.88. The fourth-order valence-electron chi connectivity index (χ4n) is 3.78. The van der Waals surface area contributed by atoms with Gasteiger partial charge in [0.25, 0.3) is 0 Å². The van der Waals surface area contributed by atoms with Crippen LogP contribution in [0.2, 0.25) is 0 Å². The quantitative estimate of drug-likeness (QED) is 0.621. The number of benzene rings is 2. The Bertz CT molecular complexity index is 972. The van der Waals surface area contributed by atoms with Crippen LogP contribution in [0, 0.1) is 20.8 Å². The van der Waals surface area contributed by atoms with E-state index in [2.05, 4.69) is 96.3 Å². The summed E-state index contributed by atoms with van der Waals surface area (Å²) in [5.41, 5.74) is 7.43. The number of anilines is 1. The Morgan fingerprint density at radius 3 is 2.52 bits per heavy atom. The van der Waals surface area contributed by atoms with Crippen molar-refractivity contribution in [1.82, 2.24) is 9.47 Å². The zero-order valence-corrected chi connectivity index (χ0v) is 16.9. The number of rotatable bonds is 2. The second kappa shape index (κ2) is 7.20. The average molecular weight is 376 g/mol. The van der Waals surface area contributed by atoms with Gasteiger partial charge in [-0.15, -0.1) is 0 Å². The maximum absolute atomic E-state index is 5.87. The second-order valence-electron chi connectivity index (χ2n) is 7.31. The molecular formula is C23H25N3S. The molecule has 0 amide bonds. The SMILES string of the molecule is Cc1ccc([C@H]2c3cccn3CCN2C(=S)Nc2cccc(C)c2C)cc1. The predicted octanol–water partition coefficient (Wildman–Crippen LogP) is 5.22. The number of nitrogens with one attached hydrogen (secondary N) is 1. The first-order valence-electron chi connectivity index (χ1n) is 9.40. The highest BCUT2D eigenvalue weighted by Gasteiger charge is 2.30. The van der Waals surface area contributed by atoms with Crippen LogP contribution < -0.4 is 5.32 Å². The molecule has 4 rings (SSSR count). The molecule has 0 spiro atoms. The van der Waals surface area contributed by atoms with Crippen LogP contribution >= 0.6 is 12.2 Å². The Labute approximate surface area is 166 Å². The van der Waals surface area contributed by atoms with Crippen molar-refractivity contribution in [3.63, 3.8) is 0 Å². The van der Waals surface area contributed by atoms with Crippen molar-refractivity contribution >= 4 is 23.0 Å². The van der Waals surface area contributed by atoms with Gasteiger partial charge >= 0.3 is 0 Å². The lowest BCUT2D eigenvalue weighted by Gasteiger charge is -2.39. The van der Waals surface area contributed by atoms with Crippen molar-refractivity contribution in [3.05, 3.63) is 88.7 Å². The molecule has 0 radical (unpaired) electrons.